The molecule has 0 aliphatic carbocycles. The Hall–Kier alpha value is -6.62. The zero-order valence-corrected chi connectivity index (χ0v) is 44.7. The first-order valence-corrected chi connectivity index (χ1v) is 26.1. The maximum atomic E-state index is 15.0. The highest BCUT2D eigenvalue weighted by Crippen LogP contribution is 2.43. The molecule has 0 spiro atoms. The minimum absolute atomic E-state index is 0.0156. The molecule has 394 valence electrons. The maximum absolute atomic E-state index is 15.0. The Bertz CT molecular complexity index is 2880. The third kappa shape index (κ3) is 11.2. The average Bonchev–Trinajstić information content (AvgIpc) is 3.96. The molecule has 5 aromatic rings. The van der Waals surface area contributed by atoms with Crippen LogP contribution in [-0.2, 0) is 52.8 Å². The molecule has 4 amide bonds. The summed E-state index contributed by atoms with van der Waals surface area (Å²) < 4.78 is 14.3. The maximum Gasteiger partial charge on any atom is 0.324 e. The number of esters is 1. The summed E-state index contributed by atoms with van der Waals surface area (Å²) in [6.07, 6.45) is 3.34. The number of ether oxygens (including phenoxy) is 2. The van der Waals surface area contributed by atoms with Gasteiger partial charge in [0.05, 0.1) is 42.6 Å². The summed E-state index contributed by atoms with van der Waals surface area (Å²) in [7, 11) is 6.96. The van der Waals surface area contributed by atoms with Gasteiger partial charge >= 0.3 is 5.97 Å². The zero-order valence-electron chi connectivity index (χ0n) is 44.7. The number of phenols is 1. The summed E-state index contributed by atoms with van der Waals surface area (Å²) in [6, 6.07) is 21.5. The van der Waals surface area contributed by atoms with Gasteiger partial charge in [0.2, 0.25) is 17.7 Å². The molecule has 0 saturated carbocycles. The first-order valence-electron chi connectivity index (χ1n) is 26.1. The lowest BCUT2D eigenvalue weighted by Gasteiger charge is -2.37. The third-order valence-electron chi connectivity index (χ3n) is 15.0. The van der Waals surface area contributed by atoms with E-state index in [2.05, 4.69) is 54.3 Å². The van der Waals surface area contributed by atoms with E-state index in [1.165, 1.54) is 9.91 Å². The fourth-order valence-electron chi connectivity index (χ4n) is 11.4. The quantitative estimate of drug-likeness (QED) is 0.109. The van der Waals surface area contributed by atoms with Crippen molar-refractivity contribution in [3.8, 4) is 28.1 Å². The number of aryl methyl sites for hydroxylation is 1. The van der Waals surface area contributed by atoms with E-state index in [4.69, 9.17) is 14.5 Å². The van der Waals surface area contributed by atoms with Gasteiger partial charge in [-0.25, -0.2) is 5.43 Å². The van der Waals surface area contributed by atoms with Crippen LogP contribution in [0.25, 0.3) is 33.3 Å². The van der Waals surface area contributed by atoms with Crippen LogP contribution in [0, 0.1) is 17.3 Å². The van der Waals surface area contributed by atoms with Gasteiger partial charge in [0.1, 0.15) is 23.9 Å². The number of nitrogens with one attached hydrogen (secondary N) is 2. The van der Waals surface area contributed by atoms with E-state index < -0.39 is 53.3 Å². The van der Waals surface area contributed by atoms with Gasteiger partial charge in [-0.05, 0) is 124 Å². The molecule has 3 N–H and O–H groups in total. The largest absolute Gasteiger partial charge is 0.508 e. The number of phenolic OH excluding ortho intramolecular Hbond substituents is 1. The number of rotatable bonds is 12. The minimum atomic E-state index is -1.19. The number of benzene rings is 3. The smallest absolute Gasteiger partial charge is 0.324 e. The summed E-state index contributed by atoms with van der Waals surface area (Å²) in [6.45, 7) is 13.6. The number of hydrogen-bond donors (Lipinski definition) is 3. The van der Waals surface area contributed by atoms with Gasteiger partial charge in [-0.15, -0.1) is 0 Å². The van der Waals surface area contributed by atoms with Crippen LogP contribution in [0.3, 0.4) is 0 Å². The van der Waals surface area contributed by atoms with E-state index in [1.54, 1.807) is 37.4 Å². The molecule has 1 unspecified atom stereocenters. The molecule has 2 aromatic heterocycles. The highest BCUT2D eigenvalue weighted by atomic mass is 16.5. The number of pyridine rings is 1. The number of aromatic nitrogens is 2. The number of likely N-dealkylation sites (N-methyl/N-ethyl adjacent to an activating group) is 2. The molecular weight excluding hydrogens is 937 g/mol. The van der Waals surface area contributed by atoms with Crippen molar-refractivity contribution in [1.82, 2.24) is 40.0 Å². The number of hydrogen-bond acceptors (Lipinski definition) is 11. The van der Waals surface area contributed by atoms with Gasteiger partial charge in [-0.3, -0.25) is 34.0 Å². The highest BCUT2D eigenvalue weighted by molar-refractivity contribution is 5.96. The van der Waals surface area contributed by atoms with Crippen molar-refractivity contribution in [2.45, 2.75) is 110 Å². The molecule has 16 heteroatoms. The van der Waals surface area contributed by atoms with Crippen molar-refractivity contribution in [3.63, 3.8) is 0 Å². The van der Waals surface area contributed by atoms with Crippen LogP contribution in [0.5, 0.6) is 5.75 Å². The fourth-order valence-corrected chi connectivity index (χ4v) is 11.4. The number of nitrogens with zero attached hydrogens (tertiary/aromatic N) is 6. The van der Waals surface area contributed by atoms with Crippen LogP contribution >= 0.6 is 0 Å². The van der Waals surface area contributed by atoms with Crippen molar-refractivity contribution in [2.75, 3.05) is 54.5 Å². The van der Waals surface area contributed by atoms with Gasteiger partial charge in [-0.2, -0.15) is 0 Å². The van der Waals surface area contributed by atoms with Gasteiger partial charge in [0.25, 0.3) is 5.91 Å². The molecule has 3 aliphatic heterocycles. The number of carbonyl (C=O) groups is 5. The Kier molecular flexibility index (Phi) is 16.3. The third-order valence-corrected chi connectivity index (χ3v) is 15.0. The molecule has 6 atom stereocenters. The molecule has 8 rings (SSSR count). The number of cyclic esters (lactones) is 1. The number of carbonyl (C=O) groups excluding carboxylic acids is 5. The molecule has 16 nitrogen and oxygen atoms in total. The summed E-state index contributed by atoms with van der Waals surface area (Å²) in [5.41, 5.74) is 10.4. The van der Waals surface area contributed by atoms with Crippen LogP contribution in [0.1, 0.15) is 95.3 Å². The predicted octanol–water partition coefficient (Wildman–Crippen LogP) is 7.09. The second-order valence-electron chi connectivity index (χ2n) is 21.7. The molecule has 5 heterocycles. The SMILES string of the molecule is CCn1c(-c2cccnc2[C@H](C)OC)c2c3cc(ccc31)-c1cc(O)cc(c1)C[C@H](NC(=O)C(C(C)C)N(C)C(=O)[C@@H]1CCN(C(=O)CN(C)C)[C@@H]1c1ccccc1)C(=O)N1CCC[C@H](N1)C(=O)OCC(C)(C)C2. The monoisotopic (exact) mass is 1010 g/mol. The lowest BCUT2D eigenvalue weighted by molar-refractivity contribution is -0.155. The number of hydrazine groups is 1. The summed E-state index contributed by atoms with van der Waals surface area (Å²) in [5.74, 6) is -2.90. The van der Waals surface area contributed by atoms with Crippen molar-refractivity contribution in [2.24, 2.45) is 17.3 Å². The van der Waals surface area contributed by atoms with E-state index in [0.717, 1.165) is 44.5 Å². The Labute approximate surface area is 435 Å². The normalized spacial score (nSPS) is 21.1. The first-order chi connectivity index (χ1) is 35.3. The second kappa shape index (κ2) is 22.5. The van der Waals surface area contributed by atoms with E-state index in [0.29, 0.717) is 49.9 Å². The van der Waals surface area contributed by atoms with E-state index >= 15 is 0 Å². The molecular formula is C58H74N8O8. The molecule has 74 heavy (non-hydrogen) atoms. The molecule has 3 aliphatic rings. The van der Waals surface area contributed by atoms with Crippen LogP contribution in [0.2, 0.25) is 0 Å². The molecule has 2 saturated heterocycles. The van der Waals surface area contributed by atoms with Crippen LogP contribution in [-0.4, -0.2) is 137 Å². The molecule has 6 bridgehead atoms. The van der Waals surface area contributed by atoms with Crippen LogP contribution in [0.15, 0.2) is 85.1 Å². The van der Waals surface area contributed by atoms with Crippen molar-refractivity contribution < 1.29 is 38.6 Å². The minimum Gasteiger partial charge on any atom is -0.508 e. The Balaban J connectivity index is 1.18. The Morgan fingerprint density at radius 3 is 2.42 bits per heavy atom. The van der Waals surface area contributed by atoms with Crippen molar-refractivity contribution in [1.29, 1.82) is 0 Å². The van der Waals surface area contributed by atoms with Crippen LogP contribution < -0.4 is 10.7 Å². The van der Waals surface area contributed by atoms with Gasteiger partial charge in [-0.1, -0.05) is 70.2 Å². The van der Waals surface area contributed by atoms with Gasteiger partial charge in [0, 0.05) is 68.3 Å². The van der Waals surface area contributed by atoms with Gasteiger partial charge < -0.3 is 39.2 Å². The van der Waals surface area contributed by atoms with E-state index in [-0.39, 0.29) is 55.7 Å². The molecule has 2 fully saturated rings. The summed E-state index contributed by atoms with van der Waals surface area (Å²) in [5, 5.41) is 16.9. The number of fused-ring (bicyclic) bond motifs is 6. The van der Waals surface area contributed by atoms with Crippen molar-refractivity contribution >= 4 is 40.5 Å². The molecule has 3 aromatic carbocycles. The topological polar surface area (TPSA) is 179 Å². The Morgan fingerprint density at radius 1 is 0.959 bits per heavy atom. The number of aromatic hydroxyl groups is 1. The van der Waals surface area contributed by atoms with Gasteiger partial charge in [0.15, 0.2) is 0 Å². The van der Waals surface area contributed by atoms with E-state index in [9.17, 15) is 29.1 Å². The summed E-state index contributed by atoms with van der Waals surface area (Å²) in [4.78, 5) is 82.3. The first kappa shape index (κ1) is 53.7. The van der Waals surface area contributed by atoms with Crippen molar-refractivity contribution in [3.05, 3.63) is 107 Å². The lowest BCUT2D eigenvalue weighted by Crippen LogP contribution is -2.62. The zero-order chi connectivity index (χ0) is 53.2. The standard InChI is InChI=1S/C58H74N8O8/c1-11-64-48-22-21-39-31-44(48)45(53(64)42-19-15-24-59-50(42)36(4)73-10)32-58(5,6)34-74-57(72)46-20-16-25-66(61-46)56(71)47(29-37-27-40(39)30-41(67)28-37)60-54(69)51(35(2)3)63(9)55(70)43-23-26-65(49(68)33-62(7)8)52(43)38-17-13-12-14-18-38/h12-15,17-19,21-22,24,27-28,30-31,35-36,43,46-47,51-52,61,67H,11,16,20,23,25-26,29,32-34H2,1-10H3,(H,60,69)/t36-,43+,46-,47-,51?,52+/m0/s1. The lowest BCUT2D eigenvalue weighted by atomic mass is 9.84. The second-order valence-corrected chi connectivity index (χ2v) is 21.7. The van der Waals surface area contributed by atoms with Crippen LogP contribution in [0.4, 0.5) is 0 Å². The molecule has 0 radical (unpaired) electrons. The Morgan fingerprint density at radius 2 is 1.72 bits per heavy atom. The average molecular weight is 1010 g/mol. The van der Waals surface area contributed by atoms with E-state index in [1.807, 2.05) is 88.3 Å². The number of methoxy groups -OCH3 is 1. The number of likely N-dealkylation sites (tertiary alicyclic amines) is 1. The highest BCUT2D eigenvalue weighted by Gasteiger charge is 2.46. The fraction of sp³-hybridized carbons (Fsp3) is 0.483. The predicted molar refractivity (Wildman–Crippen MR) is 284 cm³/mol. The summed E-state index contributed by atoms with van der Waals surface area (Å²) >= 11 is 0. The number of amides is 4.